The molecule has 2 saturated heterocycles. The van der Waals surface area contributed by atoms with Crippen molar-refractivity contribution in [2.24, 2.45) is 0 Å². The van der Waals surface area contributed by atoms with Crippen molar-refractivity contribution in [2.75, 3.05) is 18.9 Å². The molecule has 2 bridgehead atoms. The number of likely N-dealkylation sites (N-methyl/N-ethyl adjacent to an activating group) is 1. The zero-order valence-corrected chi connectivity index (χ0v) is 13.1. The lowest BCUT2D eigenvalue weighted by Crippen LogP contribution is -2.48. The summed E-state index contributed by atoms with van der Waals surface area (Å²) in [4.78, 5) is 14.3. The molecule has 0 aliphatic carbocycles. The third-order valence-electron chi connectivity index (χ3n) is 4.61. The Bertz CT molecular complexity index is 510. The van der Waals surface area contributed by atoms with Gasteiger partial charge in [-0.15, -0.1) is 0 Å². The van der Waals surface area contributed by atoms with Crippen molar-refractivity contribution < 1.29 is 4.79 Å². The first-order valence-electron chi connectivity index (χ1n) is 7.62. The maximum Gasteiger partial charge on any atom is 0.238 e. The number of hydrogen-bond donors (Lipinski definition) is 2. The van der Waals surface area contributed by atoms with Gasteiger partial charge in [0, 0.05) is 18.1 Å². The van der Waals surface area contributed by atoms with Crippen LogP contribution in [0.5, 0.6) is 0 Å². The number of amides is 1. The molecule has 3 rings (SSSR count). The number of fused-ring (bicyclic) bond motifs is 2. The van der Waals surface area contributed by atoms with Crippen molar-refractivity contribution in [1.82, 2.24) is 10.2 Å². The van der Waals surface area contributed by atoms with E-state index in [-0.39, 0.29) is 5.91 Å². The van der Waals surface area contributed by atoms with E-state index in [1.165, 1.54) is 12.8 Å². The number of nitrogens with zero attached hydrogens (tertiary/aromatic N) is 1. The number of nitrogens with one attached hydrogen (secondary N) is 2. The van der Waals surface area contributed by atoms with E-state index in [0.717, 1.165) is 12.8 Å². The number of piperidine rings is 1. The molecule has 1 aromatic carbocycles. The number of anilines is 1. The third-order valence-corrected chi connectivity index (χ3v) is 4.94. The van der Waals surface area contributed by atoms with Crippen molar-refractivity contribution in [1.29, 1.82) is 0 Å². The molecule has 5 heteroatoms. The summed E-state index contributed by atoms with van der Waals surface area (Å²) in [6.07, 6.45) is 4.85. The summed E-state index contributed by atoms with van der Waals surface area (Å²) in [5.74, 6) is -0.00326. The molecule has 4 nitrogen and oxygen atoms in total. The fourth-order valence-corrected chi connectivity index (χ4v) is 3.68. The van der Waals surface area contributed by atoms with Gasteiger partial charge in [0.15, 0.2) is 0 Å². The van der Waals surface area contributed by atoms with Gasteiger partial charge in [-0.1, -0.05) is 23.7 Å². The van der Waals surface area contributed by atoms with E-state index < -0.39 is 0 Å². The molecule has 2 atom stereocenters. The predicted molar refractivity (Wildman–Crippen MR) is 85.7 cm³/mol. The van der Waals surface area contributed by atoms with Crippen LogP contribution in [0.3, 0.4) is 0 Å². The normalized spacial score (nSPS) is 27.9. The molecule has 2 fully saturated rings. The minimum Gasteiger partial charge on any atom is -0.324 e. The van der Waals surface area contributed by atoms with Crippen LogP contribution < -0.4 is 10.6 Å². The standard InChI is InChI=1S/C16H22ClN3O/c1-20(13-8-11-6-7-12(9-13)18-11)10-16(21)19-15-5-3-2-4-14(15)17/h2-5,11-13,18H,6-10H2,1H3,(H,19,21). The topological polar surface area (TPSA) is 44.4 Å². The Morgan fingerprint density at radius 1 is 1.33 bits per heavy atom. The monoisotopic (exact) mass is 307 g/mol. The highest BCUT2D eigenvalue weighted by Gasteiger charge is 2.35. The summed E-state index contributed by atoms with van der Waals surface area (Å²) in [6.45, 7) is 0.412. The van der Waals surface area contributed by atoms with Crippen LogP contribution in [0.25, 0.3) is 0 Å². The molecule has 21 heavy (non-hydrogen) atoms. The Labute approximate surface area is 130 Å². The molecule has 1 amide bonds. The van der Waals surface area contributed by atoms with Crippen LogP contribution in [-0.4, -0.2) is 42.5 Å². The van der Waals surface area contributed by atoms with Gasteiger partial charge in [-0.2, -0.15) is 0 Å². The van der Waals surface area contributed by atoms with Crippen LogP contribution in [0.2, 0.25) is 5.02 Å². The first kappa shape index (κ1) is 14.8. The summed E-state index contributed by atoms with van der Waals surface area (Å²) in [5.41, 5.74) is 0.683. The van der Waals surface area contributed by atoms with Gasteiger partial charge in [0.25, 0.3) is 0 Å². The van der Waals surface area contributed by atoms with Gasteiger partial charge in [0.1, 0.15) is 0 Å². The van der Waals surface area contributed by atoms with Gasteiger partial charge in [0.2, 0.25) is 5.91 Å². The van der Waals surface area contributed by atoms with Crippen molar-refractivity contribution in [3.63, 3.8) is 0 Å². The molecule has 2 heterocycles. The SMILES string of the molecule is CN(CC(=O)Nc1ccccc1Cl)C1CC2CCC(C1)N2. The highest BCUT2D eigenvalue weighted by atomic mass is 35.5. The largest absolute Gasteiger partial charge is 0.324 e. The number of benzene rings is 1. The minimum absolute atomic E-state index is 0.00326. The molecular weight excluding hydrogens is 286 g/mol. The van der Waals surface area contributed by atoms with Crippen LogP contribution in [0.1, 0.15) is 25.7 Å². The molecule has 2 unspecified atom stereocenters. The number of rotatable bonds is 4. The summed E-state index contributed by atoms with van der Waals surface area (Å²) >= 11 is 6.06. The fourth-order valence-electron chi connectivity index (χ4n) is 3.50. The van der Waals surface area contributed by atoms with Crippen molar-refractivity contribution in [3.05, 3.63) is 29.3 Å². The number of halogens is 1. The Kier molecular flexibility index (Phi) is 4.48. The summed E-state index contributed by atoms with van der Waals surface area (Å²) in [5, 5.41) is 7.10. The van der Waals surface area contributed by atoms with Crippen LogP contribution in [0.15, 0.2) is 24.3 Å². The lowest BCUT2D eigenvalue weighted by molar-refractivity contribution is -0.117. The molecule has 2 aliphatic rings. The Morgan fingerprint density at radius 2 is 2.00 bits per heavy atom. The lowest BCUT2D eigenvalue weighted by atomic mass is 9.98. The second-order valence-corrected chi connectivity index (χ2v) is 6.61. The molecule has 1 aromatic rings. The highest BCUT2D eigenvalue weighted by Crippen LogP contribution is 2.29. The van der Waals surface area contributed by atoms with Crippen LogP contribution in [0.4, 0.5) is 5.69 Å². The smallest absolute Gasteiger partial charge is 0.238 e. The number of carbonyl (C=O) groups excluding carboxylic acids is 1. The van der Waals surface area contributed by atoms with Crippen LogP contribution in [0, 0.1) is 0 Å². The third kappa shape index (κ3) is 3.57. The van der Waals surface area contributed by atoms with E-state index in [1.54, 1.807) is 6.07 Å². The molecule has 0 radical (unpaired) electrons. The van der Waals surface area contributed by atoms with Crippen molar-refractivity contribution >= 4 is 23.2 Å². The Hall–Kier alpha value is -1.10. The van der Waals surface area contributed by atoms with E-state index in [1.807, 2.05) is 25.2 Å². The first-order chi connectivity index (χ1) is 10.1. The second kappa shape index (κ2) is 6.34. The van der Waals surface area contributed by atoms with Gasteiger partial charge >= 0.3 is 0 Å². The first-order valence-corrected chi connectivity index (χ1v) is 8.00. The predicted octanol–water partition coefficient (Wildman–Crippen LogP) is 2.49. The molecule has 0 spiro atoms. The summed E-state index contributed by atoms with van der Waals surface area (Å²) in [7, 11) is 2.04. The zero-order valence-electron chi connectivity index (χ0n) is 12.3. The maximum absolute atomic E-state index is 12.2. The molecular formula is C16H22ClN3O. The summed E-state index contributed by atoms with van der Waals surface area (Å²) < 4.78 is 0. The van der Waals surface area contributed by atoms with Gasteiger partial charge in [-0.3, -0.25) is 9.69 Å². The van der Waals surface area contributed by atoms with Crippen LogP contribution >= 0.6 is 11.6 Å². The van der Waals surface area contributed by atoms with E-state index in [4.69, 9.17) is 11.6 Å². The average molecular weight is 308 g/mol. The Balaban J connectivity index is 1.54. The lowest BCUT2D eigenvalue weighted by Gasteiger charge is -2.35. The molecule has 114 valence electrons. The van der Waals surface area contributed by atoms with E-state index in [0.29, 0.717) is 35.4 Å². The van der Waals surface area contributed by atoms with Crippen molar-refractivity contribution in [3.8, 4) is 0 Å². The highest BCUT2D eigenvalue weighted by molar-refractivity contribution is 6.33. The molecule has 0 saturated carbocycles. The van der Waals surface area contributed by atoms with Crippen LogP contribution in [-0.2, 0) is 4.79 Å². The van der Waals surface area contributed by atoms with Gasteiger partial charge in [0.05, 0.1) is 17.3 Å². The average Bonchev–Trinajstić information content (AvgIpc) is 2.80. The number of para-hydroxylation sites is 1. The second-order valence-electron chi connectivity index (χ2n) is 6.21. The number of hydrogen-bond acceptors (Lipinski definition) is 3. The molecule has 0 aromatic heterocycles. The van der Waals surface area contributed by atoms with Gasteiger partial charge in [-0.05, 0) is 44.9 Å². The van der Waals surface area contributed by atoms with Crippen molar-refractivity contribution in [2.45, 2.75) is 43.8 Å². The van der Waals surface area contributed by atoms with Gasteiger partial charge in [-0.25, -0.2) is 0 Å². The minimum atomic E-state index is -0.00326. The van der Waals surface area contributed by atoms with E-state index in [2.05, 4.69) is 15.5 Å². The summed E-state index contributed by atoms with van der Waals surface area (Å²) in [6, 6.07) is 9.12. The van der Waals surface area contributed by atoms with E-state index in [9.17, 15) is 4.79 Å². The molecule has 2 aliphatic heterocycles. The van der Waals surface area contributed by atoms with Gasteiger partial charge < -0.3 is 10.6 Å². The maximum atomic E-state index is 12.2. The Morgan fingerprint density at radius 3 is 2.67 bits per heavy atom. The number of carbonyl (C=O) groups is 1. The molecule has 2 N–H and O–H groups in total. The van der Waals surface area contributed by atoms with E-state index >= 15 is 0 Å². The zero-order chi connectivity index (χ0) is 14.8. The fraction of sp³-hybridized carbons (Fsp3) is 0.562. The quantitative estimate of drug-likeness (QED) is 0.898.